The first-order chi connectivity index (χ1) is 12.5. The number of carbonyl (C=O) groups excluding carboxylic acids is 3. The number of amides is 3. The van der Waals surface area contributed by atoms with E-state index in [9.17, 15) is 14.4 Å². The van der Waals surface area contributed by atoms with Gasteiger partial charge in [-0.3, -0.25) is 24.3 Å². The van der Waals surface area contributed by atoms with Crippen LogP contribution < -0.4 is 0 Å². The summed E-state index contributed by atoms with van der Waals surface area (Å²) in [6, 6.07) is 8.59. The molecule has 0 radical (unpaired) electrons. The van der Waals surface area contributed by atoms with E-state index in [4.69, 9.17) is 11.6 Å². The van der Waals surface area contributed by atoms with Gasteiger partial charge in [0.2, 0.25) is 5.91 Å². The van der Waals surface area contributed by atoms with Crippen LogP contribution in [0.1, 0.15) is 32.7 Å². The van der Waals surface area contributed by atoms with Crippen molar-refractivity contribution in [1.29, 1.82) is 0 Å². The second kappa shape index (κ2) is 7.66. The fourth-order valence-electron chi connectivity index (χ4n) is 2.86. The van der Waals surface area contributed by atoms with Crippen LogP contribution in [0.15, 0.2) is 42.7 Å². The SMILES string of the molecule is CN(CCc1ccncc1)C(=O)CCN1C(=O)c2cccc(Cl)c2C1=O. The molecule has 7 heteroatoms. The van der Waals surface area contributed by atoms with Gasteiger partial charge in [0.05, 0.1) is 16.1 Å². The van der Waals surface area contributed by atoms with Crippen LogP contribution in [0.2, 0.25) is 5.02 Å². The molecule has 1 aliphatic rings. The molecule has 1 aromatic carbocycles. The summed E-state index contributed by atoms with van der Waals surface area (Å²) < 4.78 is 0. The summed E-state index contributed by atoms with van der Waals surface area (Å²) >= 11 is 6.03. The topological polar surface area (TPSA) is 70.6 Å². The fourth-order valence-corrected chi connectivity index (χ4v) is 3.12. The normalized spacial score (nSPS) is 13.1. The summed E-state index contributed by atoms with van der Waals surface area (Å²) in [5.41, 5.74) is 1.60. The molecule has 3 rings (SSSR count). The summed E-state index contributed by atoms with van der Waals surface area (Å²) in [6.07, 6.45) is 4.22. The summed E-state index contributed by atoms with van der Waals surface area (Å²) in [4.78, 5) is 43.7. The minimum Gasteiger partial charge on any atom is -0.345 e. The highest BCUT2D eigenvalue weighted by Gasteiger charge is 2.37. The maximum atomic E-state index is 12.4. The van der Waals surface area contributed by atoms with Gasteiger partial charge in [0.25, 0.3) is 11.8 Å². The van der Waals surface area contributed by atoms with Gasteiger partial charge in [-0.05, 0) is 36.2 Å². The van der Waals surface area contributed by atoms with Crippen molar-refractivity contribution in [2.45, 2.75) is 12.8 Å². The van der Waals surface area contributed by atoms with Gasteiger partial charge < -0.3 is 4.90 Å². The van der Waals surface area contributed by atoms with E-state index in [1.54, 1.807) is 42.5 Å². The van der Waals surface area contributed by atoms with Crippen LogP contribution in [0, 0.1) is 0 Å². The molecule has 0 saturated heterocycles. The first kappa shape index (κ1) is 18.1. The molecule has 0 bridgehead atoms. The number of hydrogen-bond donors (Lipinski definition) is 0. The highest BCUT2D eigenvalue weighted by atomic mass is 35.5. The number of imide groups is 1. The smallest absolute Gasteiger partial charge is 0.263 e. The lowest BCUT2D eigenvalue weighted by Crippen LogP contribution is -2.36. The van der Waals surface area contributed by atoms with Crippen molar-refractivity contribution in [2.24, 2.45) is 0 Å². The second-order valence-corrected chi connectivity index (χ2v) is 6.50. The molecule has 3 amide bonds. The zero-order valence-electron chi connectivity index (χ0n) is 14.3. The minimum atomic E-state index is -0.442. The Morgan fingerprint density at radius 1 is 1.15 bits per heavy atom. The minimum absolute atomic E-state index is 0.0428. The molecule has 6 nitrogen and oxygen atoms in total. The van der Waals surface area contributed by atoms with Gasteiger partial charge in [-0.15, -0.1) is 0 Å². The van der Waals surface area contributed by atoms with E-state index in [0.29, 0.717) is 18.5 Å². The monoisotopic (exact) mass is 371 g/mol. The molecule has 26 heavy (non-hydrogen) atoms. The summed E-state index contributed by atoms with van der Waals surface area (Å²) in [6.45, 7) is 0.595. The maximum Gasteiger partial charge on any atom is 0.263 e. The van der Waals surface area contributed by atoms with E-state index in [1.807, 2.05) is 12.1 Å². The lowest BCUT2D eigenvalue weighted by Gasteiger charge is -2.19. The van der Waals surface area contributed by atoms with Crippen molar-refractivity contribution in [3.8, 4) is 0 Å². The largest absolute Gasteiger partial charge is 0.345 e. The van der Waals surface area contributed by atoms with Crippen LogP contribution in [-0.4, -0.2) is 52.6 Å². The maximum absolute atomic E-state index is 12.4. The molecule has 0 fully saturated rings. The van der Waals surface area contributed by atoms with Gasteiger partial charge in [0.15, 0.2) is 0 Å². The molecule has 1 aromatic heterocycles. The Morgan fingerprint density at radius 3 is 2.58 bits per heavy atom. The number of carbonyl (C=O) groups is 3. The van der Waals surface area contributed by atoms with E-state index in [-0.39, 0.29) is 29.5 Å². The van der Waals surface area contributed by atoms with Crippen LogP contribution in [0.4, 0.5) is 0 Å². The molecule has 2 heterocycles. The van der Waals surface area contributed by atoms with Crippen LogP contribution in [0.25, 0.3) is 0 Å². The predicted molar refractivity (Wildman–Crippen MR) is 97.0 cm³/mol. The van der Waals surface area contributed by atoms with E-state index in [1.165, 1.54) is 0 Å². The third kappa shape index (κ3) is 3.60. The fraction of sp³-hybridized carbons (Fsp3) is 0.263. The molecule has 0 atom stereocenters. The van der Waals surface area contributed by atoms with E-state index in [0.717, 1.165) is 10.5 Å². The Hall–Kier alpha value is -2.73. The summed E-state index contributed by atoms with van der Waals surface area (Å²) in [5, 5.41) is 0.254. The highest BCUT2D eigenvalue weighted by Crippen LogP contribution is 2.29. The summed E-state index contributed by atoms with van der Waals surface area (Å²) in [5.74, 6) is -0.968. The number of nitrogens with zero attached hydrogens (tertiary/aromatic N) is 3. The molecule has 2 aromatic rings. The number of fused-ring (bicyclic) bond motifs is 1. The zero-order chi connectivity index (χ0) is 18.7. The Kier molecular flexibility index (Phi) is 5.32. The van der Waals surface area contributed by atoms with Crippen molar-refractivity contribution in [2.75, 3.05) is 20.1 Å². The quantitative estimate of drug-likeness (QED) is 0.731. The number of halogens is 1. The van der Waals surface area contributed by atoms with Crippen molar-refractivity contribution in [3.05, 3.63) is 64.4 Å². The Labute approximate surface area is 156 Å². The summed E-state index contributed by atoms with van der Waals surface area (Å²) in [7, 11) is 1.71. The molecule has 0 saturated carbocycles. The standard InChI is InChI=1S/C19H18ClN3O3/c1-22(11-7-13-5-9-21-10-6-13)16(24)8-12-23-18(25)14-3-2-4-15(20)17(14)19(23)26/h2-6,9-10H,7-8,11-12H2,1H3. The van der Waals surface area contributed by atoms with E-state index < -0.39 is 11.8 Å². The molecule has 1 aliphatic heterocycles. The first-order valence-corrected chi connectivity index (χ1v) is 8.64. The molecule has 0 spiro atoms. The van der Waals surface area contributed by atoms with Crippen molar-refractivity contribution in [1.82, 2.24) is 14.8 Å². The van der Waals surface area contributed by atoms with Gasteiger partial charge in [-0.25, -0.2) is 0 Å². The zero-order valence-corrected chi connectivity index (χ0v) is 15.1. The lowest BCUT2D eigenvalue weighted by molar-refractivity contribution is -0.129. The predicted octanol–water partition coefficient (Wildman–Crippen LogP) is 2.42. The van der Waals surface area contributed by atoms with Crippen LogP contribution in [0.5, 0.6) is 0 Å². The van der Waals surface area contributed by atoms with E-state index >= 15 is 0 Å². The third-order valence-corrected chi connectivity index (χ3v) is 4.72. The van der Waals surface area contributed by atoms with Crippen LogP contribution in [0.3, 0.4) is 0 Å². The van der Waals surface area contributed by atoms with E-state index in [2.05, 4.69) is 4.98 Å². The molecule has 0 N–H and O–H groups in total. The highest BCUT2D eigenvalue weighted by molar-refractivity contribution is 6.37. The Morgan fingerprint density at radius 2 is 1.88 bits per heavy atom. The average Bonchev–Trinajstić information content (AvgIpc) is 2.90. The molecule has 0 aliphatic carbocycles. The number of pyridine rings is 1. The number of hydrogen-bond acceptors (Lipinski definition) is 4. The molecular formula is C19H18ClN3O3. The average molecular weight is 372 g/mol. The Bertz CT molecular complexity index is 854. The number of benzene rings is 1. The van der Waals surface area contributed by atoms with Gasteiger partial charge in [0.1, 0.15) is 0 Å². The van der Waals surface area contributed by atoms with Crippen LogP contribution in [-0.2, 0) is 11.2 Å². The van der Waals surface area contributed by atoms with Crippen molar-refractivity contribution >= 4 is 29.3 Å². The van der Waals surface area contributed by atoms with Crippen molar-refractivity contribution < 1.29 is 14.4 Å². The van der Waals surface area contributed by atoms with Crippen molar-refractivity contribution in [3.63, 3.8) is 0 Å². The number of likely N-dealkylation sites (N-methyl/N-ethyl adjacent to an activating group) is 1. The molecule has 134 valence electrons. The molecular weight excluding hydrogens is 354 g/mol. The van der Waals surface area contributed by atoms with Gasteiger partial charge in [0, 0.05) is 39.0 Å². The van der Waals surface area contributed by atoms with Gasteiger partial charge in [-0.1, -0.05) is 17.7 Å². The van der Waals surface area contributed by atoms with Crippen LogP contribution >= 0.6 is 11.6 Å². The Balaban J connectivity index is 1.56. The van der Waals surface area contributed by atoms with Gasteiger partial charge >= 0.3 is 0 Å². The lowest BCUT2D eigenvalue weighted by atomic mass is 10.1. The first-order valence-electron chi connectivity index (χ1n) is 8.26. The second-order valence-electron chi connectivity index (χ2n) is 6.10. The number of rotatable bonds is 6. The van der Waals surface area contributed by atoms with Gasteiger partial charge in [-0.2, -0.15) is 0 Å². The molecule has 0 unspecified atom stereocenters. The number of aromatic nitrogens is 1. The third-order valence-electron chi connectivity index (χ3n) is 4.41.